The first-order valence-electron chi connectivity index (χ1n) is 11.1. The van der Waals surface area contributed by atoms with E-state index < -0.39 is 27.0 Å². The quantitative estimate of drug-likeness (QED) is 0.485. The number of sulfonamides is 1. The molecule has 0 saturated heterocycles. The van der Waals surface area contributed by atoms with Crippen molar-refractivity contribution < 1.29 is 13.2 Å². The molecule has 4 rings (SSSR count). The van der Waals surface area contributed by atoms with Crippen molar-refractivity contribution in [3.63, 3.8) is 0 Å². The van der Waals surface area contributed by atoms with E-state index in [1.54, 1.807) is 6.92 Å². The second-order valence-corrected chi connectivity index (χ2v) is 11.0. The predicted octanol–water partition coefficient (Wildman–Crippen LogP) is 1.28. The summed E-state index contributed by atoms with van der Waals surface area (Å²) in [5.41, 5.74) is 0.0287. The molecule has 9 nitrogen and oxygen atoms in total. The first-order chi connectivity index (χ1) is 16.1. The van der Waals surface area contributed by atoms with Gasteiger partial charge in [-0.1, -0.05) is 30.3 Å². The van der Waals surface area contributed by atoms with Crippen LogP contribution in [0, 0.1) is 0 Å². The lowest BCUT2D eigenvalue weighted by atomic mass is 9.96. The zero-order valence-electron chi connectivity index (χ0n) is 19.4. The molecule has 180 valence electrons. The molecule has 10 heteroatoms. The largest absolute Gasteiger partial charge is 0.354 e. The fourth-order valence-electron chi connectivity index (χ4n) is 4.22. The number of nitrogens with zero attached hydrogens (tertiary/aromatic N) is 3. The Kier molecular flexibility index (Phi) is 6.22. The fraction of sp³-hybridized carbons (Fsp3) is 0.375. The Morgan fingerprint density at radius 3 is 2.24 bits per heavy atom. The van der Waals surface area contributed by atoms with Gasteiger partial charge < -0.3 is 9.88 Å². The monoisotopic (exact) mass is 484 g/mol. The van der Waals surface area contributed by atoms with Crippen LogP contribution in [0.5, 0.6) is 0 Å². The van der Waals surface area contributed by atoms with Crippen molar-refractivity contribution in [3.05, 3.63) is 74.8 Å². The smallest absolute Gasteiger partial charge is 0.317 e. The molecule has 1 aliphatic carbocycles. The third-order valence-corrected chi connectivity index (χ3v) is 8.27. The van der Waals surface area contributed by atoms with Gasteiger partial charge in [0.15, 0.2) is 0 Å². The molecule has 0 aliphatic heterocycles. The topological polar surface area (TPSA) is 110 Å². The zero-order valence-corrected chi connectivity index (χ0v) is 20.3. The molecule has 0 atom stereocenters. The van der Waals surface area contributed by atoms with Gasteiger partial charge >= 0.3 is 11.1 Å². The molecule has 0 bridgehead atoms. The van der Waals surface area contributed by atoms with Crippen LogP contribution in [-0.2, 0) is 33.3 Å². The van der Waals surface area contributed by atoms with E-state index in [0.29, 0.717) is 12.1 Å². The van der Waals surface area contributed by atoms with Gasteiger partial charge in [0.05, 0.1) is 15.9 Å². The molecule has 1 aliphatic rings. The Morgan fingerprint density at radius 2 is 1.65 bits per heavy atom. The highest BCUT2D eigenvalue weighted by molar-refractivity contribution is 7.89. The van der Waals surface area contributed by atoms with Crippen LogP contribution in [0.1, 0.15) is 25.3 Å². The maximum Gasteiger partial charge on any atom is 0.317 e. The molecule has 1 N–H and O–H groups in total. The molecule has 1 fully saturated rings. The lowest BCUT2D eigenvalue weighted by molar-refractivity contribution is -0.121. The number of fused-ring (bicyclic) bond motifs is 1. The standard InChI is InChI=1S/C24H28N4O5S/c1-4-27-19-11-10-18(34(32,33)26(2)3)14-20(19)28(23(31)22(27)30)15-21(29)25-16-24(12-13-24)17-8-6-5-7-9-17/h5-11,14H,4,12-13,15-16H2,1-3H3,(H,25,29). The molecule has 2 aromatic carbocycles. The van der Waals surface area contributed by atoms with Gasteiger partial charge in [-0.25, -0.2) is 12.7 Å². The maximum absolute atomic E-state index is 12.9. The number of rotatable bonds is 8. The number of benzene rings is 2. The predicted molar refractivity (Wildman–Crippen MR) is 129 cm³/mol. The van der Waals surface area contributed by atoms with Crippen molar-refractivity contribution in [2.24, 2.45) is 0 Å². The summed E-state index contributed by atoms with van der Waals surface area (Å²) in [4.78, 5) is 38.4. The van der Waals surface area contributed by atoms with Gasteiger partial charge in [0, 0.05) is 32.6 Å². The Balaban J connectivity index is 1.70. The Bertz CT molecular complexity index is 1470. The van der Waals surface area contributed by atoms with Gasteiger partial charge in [0.2, 0.25) is 15.9 Å². The highest BCUT2D eigenvalue weighted by Crippen LogP contribution is 2.47. The van der Waals surface area contributed by atoms with E-state index in [0.717, 1.165) is 27.3 Å². The van der Waals surface area contributed by atoms with Crippen molar-refractivity contribution in [2.75, 3.05) is 20.6 Å². The van der Waals surface area contributed by atoms with E-state index in [2.05, 4.69) is 5.32 Å². The number of hydrogen-bond acceptors (Lipinski definition) is 5. The van der Waals surface area contributed by atoms with Gasteiger partial charge in [0.25, 0.3) is 0 Å². The summed E-state index contributed by atoms with van der Waals surface area (Å²) in [5, 5.41) is 2.90. The summed E-state index contributed by atoms with van der Waals surface area (Å²) in [5.74, 6) is -0.417. The van der Waals surface area contributed by atoms with Gasteiger partial charge in [-0.15, -0.1) is 0 Å². The van der Waals surface area contributed by atoms with Crippen LogP contribution in [-0.4, -0.2) is 48.4 Å². The lowest BCUT2D eigenvalue weighted by Crippen LogP contribution is -2.44. The first-order valence-corrected chi connectivity index (χ1v) is 12.6. The summed E-state index contributed by atoms with van der Waals surface area (Å²) < 4.78 is 28.7. The molecule has 1 saturated carbocycles. The molecule has 1 amide bonds. The highest BCUT2D eigenvalue weighted by atomic mass is 32.2. The van der Waals surface area contributed by atoms with Gasteiger partial charge in [-0.2, -0.15) is 0 Å². The molecular weight excluding hydrogens is 456 g/mol. The Morgan fingerprint density at radius 1 is 1.00 bits per heavy atom. The number of carbonyl (C=O) groups is 1. The molecule has 3 aromatic rings. The minimum absolute atomic E-state index is 0.0270. The summed E-state index contributed by atoms with van der Waals surface area (Å²) in [6.45, 7) is 2.00. The van der Waals surface area contributed by atoms with E-state index in [-0.39, 0.29) is 28.9 Å². The fourth-order valence-corrected chi connectivity index (χ4v) is 5.14. The highest BCUT2D eigenvalue weighted by Gasteiger charge is 2.44. The maximum atomic E-state index is 12.9. The van der Waals surface area contributed by atoms with Crippen molar-refractivity contribution in [1.82, 2.24) is 18.8 Å². The van der Waals surface area contributed by atoms with Crippen LogP contribution < -0.4 is 16.4 Å². The number of aromatic nitrogens is 2. The second-order valence-electron chi connectivity index (χ2n) is 8.80. The number of hydrogen-bond donors (Lipinski definition) is 1. The van der Waals surface area contributed by atoms with Crippen molar-refractivity contribution in [1.29, 1.82) is 0 Å². The number of aryl methyl sites for hydroxylation is 1. The van der Waals surface area contributed by atoms with Gasteiger partial charge in [-0.3, -0.25) is 19.0 Å². The van der Waals surface area contributed by atoms with E-state index in [4.69, 9.17) is 0 Å². The van der Waals surface area contributed by atoms with Crippen molar-refractivity contribution >= 4 is 27.0 Å². The molecule has 1 aromatic heterocycles. The molecule has 34 heavy (non-hydrogen) atoms. The van der Waals surface area contributed by atoms with E-state index in [9.17, 15) is 22.8 Å². The molecule has 0 radical (unpaired) electrons. The van der Waals surface area contributed by atoms with Gasteiger partial charge in [0.1, 0.15) is 6.54 Å². The number of nitrogens with one attached hydrogen (secondary N) is 1. The van der Waals surface area contributed by atoms with E-state index in [1.165, 1.54) is 36.9 Å². The van der Waals surface area contributed by atoms with Gasteiger partial charge in [-0.05, 0) is 43.5 Å². The van der Waals surface area contributed by atoms with Crippen LogP contribution >= 0.6 is 0 Å². The average molecular weight is 485 g/mol. The number of carbonyl (C=O) groups excluding carboxylic acids is 1. The van der Waals surface area contributed by atoms with Crippen LogP contribution in [0.4, 0.5) is 0 Å². The van der Waals surface area contributed by atoms with Crippen molar-refractivity contribution in [2.45, 2.75) is 43.2 Å². The van der Waals surface area contributed by atoms with Crippen molar-refractivity contribution in [3.8, 4) is 0 Å². The SMILES string of the molecule is CCn1c(=O)c(=O)n(CC(=O)NCC2(c3ccccc3)CC2)c2cc(S(=O)(=O)N(C)C)ccc21. The third-order valence-electron chi connectivity index (χ3n) is 6.46. The first kappa shape index (κ1) is 23.9. The van der Waals surface area contributed by atoms with Crippen LogP contribution in [0.25, 0.3) is 11.0 Å². The third kappa shape index (κ3) is 4.19. The Labute approximate surface area is 197 Å². The minimum Gasteiger partial charge on any atom is -0.354 e. The molecule has 0 spiro atoms. The van der Waals surface area contributed by atoms with Crippen LogP contribution in [0.3, 0.4) is 0 Å². The van der Waals surface area contributed by atoms with Crippen LogP contribution in [0.15, 0.2) is 63.0 Å². The number of amides is 1. The molecular formula is C24H28N4O5S. The second kappa shape index (κ2) is 8.84. The summed E-state index contributed by atoms with van der Waals surface area (Å²) in [7, 11) is -0.958. The van der Waals surface area contributed by atoms with E-state index in [1.807, 2.05) is 30.3 Å². The van der Waals surface area contributed by atoms with Crippen LogP contribution in [0.2, 0.25) is 0 Å². The minimum atomic E-state index is -3.78. The molecule has 1 heterocycles. The Hall–Kier alpha value is -3.24. The summed E-state index contributed by atoms with van der Waals surface area (Å²) in [6.07, 6.45) is 1.91. The molecule has 0 unspecified atom stereocenters. The van der Waals surface area contributed by atoms with E-state index >= 15 is 0 Å². The average Bonchev–Trinajstić information content (AvgIpc) is 3.62. The zero-order chi connectivity index (χ0) is 24.7. The summed E-state index contributed by atoms with van der Waals surface area (Å²) >= 11 is 0. The summed E-state index contributed by atoms with van der Waals surface area (Å²) in [6, 6.07) is 14.2. The lowest BCUT2D eigenvalue weighted by Gasteiger charge is -2.18. The normalized spacial score (nSPS) is 14.9.